The van der Waals surface area contributed by atoms with Crippen LogP contribution >= 0.6 is 0 Å². The Hall–Kier alpha value is -1.35. The molecule has 3 heteroatoms. The molecule has 3 N–H and O–H groups in total. The van der Waals surface area contributed by atoms with Crippen LogP contribution in [0.2, 0.25) is 0 Å². The van der Waals surface area contributed by atoms with Crippen molar-refractivity contribution < 1.29 is 4.79 Å². The number of carbonyl (C=O) groups is 1. The molecule has 1 aromatic rings. The molecule has 0 radical (unpaired) electrons. The van der Waals surface area contributed by atoms with Crippen molar-refractivity contribution in [2.45, 2.75) is 57.4 Å². The molecular formula is C21H30N2O. The van der Waals surface area contributed by atoms with Crippen molar-refractivity contribution in [2.24, 2.45) is 28.9 Å². The Morgan fingerprint density at radius 2 is 2.00 bits per heavy atom. The van der Waals surface area contributed by atoms with Crippen molar-refractivity contribution in [3.63, 3.8) is 0 Å². The van der Waals surface area contributed by atoms with Gasteiger partial charge in [0.1, 0.15) is 0 Å². The number of benzene rings is 1. The number of nitrogens with two attached hydrogens (primary N) is 1. The molecule has 3 aliphatic carbocycles. The van der Waals surface area contributed by atoms with Crippen LogP contribution in [0.4, 0.5) is 0 Å². The molecule has 0 heterocycles. The fourth-order valence-electron chi connectivity index (χ4n) is 5.80. The fraction of sp³-hybridized carbons (Fsp3) is 0.667. The number of fused-ring (bicyclic) bond motifs is 2. The van der Waals surface area contributed by atoms with E-state index in [-0.39, 0.29) is 5.41 Å². The van der Waals surface area contributed by atoms with Gasteiger partial charge in [0.05, 0.1) is 5.41 Å². The van der Waals surface area contributed by atoms with Gasteiger partial charge in [0.15, 0.2) is 0 Å². The minimum absolute atomic E-state index is 0.175. The minimum atomic E-state index is -0.175. The van der Waals surface area contributed by atoms with Gasteiger partial charge in [-0.3, -0.25) is 4.79 Å². The van der Waals surface area contributed by atoms with Crippen molar-refractivity contribution >= 4 is 5.91 Å². The zero-order chi connectivity index (χ0) is 16.6. The molecule has 2 bridgehead atoms. The predicted molar refractivity (Wildman–Crippen MR) is 96.4 cm³/mol. The van der Waals surface area contributed by atoms with Crippen LogP contribution in [0, 0.1) is 23.2 Å². The maximum atomic E-state index is 13.4. The number of hydrogen-bond donors (Lipinski definition) is 2. The third kappa shape index (κ3) is 2.77. The van der Waals surface area contributed by atoms with Crippen LogP contribution in [-0.2, 0) is 11.2 Å². The first-order valence-corrected chi connectivity index (χ1v) is 9.76. The molecule has 3 aliphatic rings. The molecule has 0 saturated heterocycles. The topological polar surface area (TPSA) is 55.1 Å². The summed E-state index contributed by atoms with van der Waals surface area (Å²) in [7, 11) is 0. The third-order valence-corrected chi connectivity index (χ3v) is 7.07. The van der Waals surface area contributed by atoms with Crippen LogP contribution in [0.25, 0.3) is 0 Å². The molecular weight excluding hydrogens is 296 g/mol. The van der Waals surface area contributed by atoms with Gasteiger partial charge in [-0.1, -0.05) is 43.2 Å². The van der Waals surface area contributed by atoms with E-state index in [1.807, 2.05) is 0 Å². The highest BCUT2D eigenvalue weighted by atomic mass is 16.2. The van der Waals surface area contributed by atoms with Gasteiger partial charge in [-0.25, -0.2) is 0 Å². The molecule has 3 fully saturated rings. The van der Waals surface area contributed by atoms with Gasteiger partial charge in [-0.15, -0.1) is 0 Å². The molecule has 4 rings (SSSR count). The summed E-state index contributed by atoms with van der Waals surface area (Å²) in [5.41, 5.74) is 7.05. The van der Waals surface area contributed by atoms with Crippen LogP contribution in [-0.4, -0.2) is 18.5 Å². The number of amides is 1. The quantitative estimate of drug-likeness (QED) is 0.872. The average Bonchev–Trinajstić information content (AvgIpc) is 3.31. The van der Waals surface area contributed by atoms with E-state index in [1.165, 1.54) is 37.7 Å². The van der Waals surface area contributed by atoms with Gasteiger partial charge in [0.2, 0.25) is 5.91 Å². The van der Waals surface area contributed by atoms with Crippen molar-refractivity contribution in [3.8, 4) is 0 Å². The summed E-state index contributed by atoms with van der Waals surface area (Å²) in [5, 5.41) is 3.45. The number of rotatable bonds is 5. The summed E-state index contributed by atoms with van der Waals surface area (Å²) < 4.78 is 0. The lowest BCUT2D eigenvalue weighted by Gasteiger charge is -2.38. The smallest absolute Gasteiger partial charge is 0.227 e. The molecule has 130 valence electrons. The van der Waals surface area contributed by atoms with E-state index in [2.05, 4.69) is 35.6 Å². The largest absolute Gasteiger partial charge is 0.353 e. The third-order valence-electron chi connectivity index (χ3n) is 7.07. The monoisotopic (exact) mass is 326 g/mol. The van der Waals surface area contributed by atoms with E-state index in [4.69, 9.17) is 5.73 Å². The van der Waals surface area contributed by atoms with Crippen LogP contribution < -0.4 is 11.1 Å². The van der Waals surface area contributed by atoms with E-state index in [9.17, 15) is 4.79 Å². The fourth-order valence-corrected chi connectivity index (χ4v) is 5.80. The van der Waals surface area contributed by atoms with Gasteiger partial charge >= 0.3 is 0 Å². The molecule has 5 atom stereocenters. The van der Waals surface area contributed by atoms with Crippen molar-refractivity contribution in [1.29, 1.82) is 0 Å². The normalized spacial score (nSPS) is 37.7. The lowest BCUT2D eigenvalue weighted by atomic mass is 9.68. The summed E-state index contributed by atoms with van der Waals surface area (Å²) >= 11 is 0. The molecule has 5 unspecified atom stereocenters. The van der Waals surface area contributed by atoms with E-state index >= 15 is 0 Å². The van der Waals surface area contributed by atoms with E-state index in [0.717, 1.165) is 25.2 Å². The first kappa shape index (κ1) is 16.1. The molecule has 1 amide bonds. The van der Waals surface area contributed by atoms with Crippen LogP contribution in [0.15, 0.2) is 30.3 Å². The molecule has 0 aliphatic heterocycles. The maximum absolute atomic E-state index is 13.4. The Morgan fingerprint density at radius 3 is 2.67 bits per heavy atom. The van der Waals surface area contributed by atoms with Crippen molar-refractivity contribution in [1.82, 2.24) is 5.32 Å². The average molecular weight is 326 g/mol. The summed E-state index contributed by atoms with van der Waals surface area (Å²) in [6.45, 7) is 0.697. The predicted octanol–water partition coefficient (Wildman–Crippen LogP) is 3.28. The maximum Gasteiger partial charge on any atom is 0.227 e. The van der Waals surface area contributed by atoms with Gasteiger partial charge < -0.3 is 11.1 Å². The molecule has 0 aromatic heterocycles. The number of nitrogens with one attached hydrogen (secondary N) is 1. The molecule has 3 nitrogen and oxygen atoms in total. The summed E-state index contributed by atoms with van der Waals surface area (Å²) in [4.78, 5) is 13.4. The van der Waals surface area contributed by atoms with E-state index < -0.39 is 0 Å². The summed E-state index contributed by atoms with van der Waals surface area (Å²) in [5.74, 6) is 2.13. The molecule has 24 heavy (non-hydrogen) atoms. The minimum Gasteiger partial charge on any atom is -0.353 e. The van der Waals surface area contributed by atoms with Crippen LogP contribution in [0.5, 0.6) is 0 Å². The first-order valence-electron chi connectivity index (χ1n) is 9.76. The first-order chi connectivity index (χ1) is 11.7. The Labute approximate surface area is 145 Å². The highest BCUT2D eigenvalue weighted by Crippen LogP contribution is 2.57. The van der Waals surface area contributed by atoms with Gasteiger partial charge in [-0.05, 0) is 68.4 Å². The van der Waals surface area contributed by atoms with Crippen LogP contribution in [0.1, 0.15) is 50.5 Å². The Balaban J connectivity index is 1.55. The number of hydrogen-bond acceptors (Lipinski definition) is 2. The standard InChI is InChI=1S/C21H30N2O/c22-14-17-7-4-8-19(17)23-20(24)21(12-15-5-2-1-3-6-15)13-16-9-10-18(21)11-16/h1-3,5-6,16-19H,4,7-14,22H2,(H,23,24). The van der Waals surface area contributed by atoms with Gasteiger partial charge in [0, 0.05) is 6.04 Å². The van der Waals surface area contributed by atoms with Gasteiger partial charge in [0.25, 0.3) is 0 Å². The van der Waals surface area contributed by atoms with Crippen molar-refractivity contribution in [2.75, 3.05) is 6.54 Å². The van der Waals surface area contributed by atoms with Crippen molar-refractivity contribution in [3.05, 3.63) is 35.9 Å². The van der Waals surface area contributed by atoms with Gasteiger partial charge in [-0.2, -0.15) is 0 Å². The second kappa shape index (κ2) is 6.51. The Morgan fingerprint density at radius 1 is 1.17 bits per heavy atom. The van der Waals surface area contributed by atoms with Crippen LogP contribution in [0.3, 0.4) is 0 Å². The summed E-state index contributed by atoms with van der Waals surface area (Å²) in [6, 6.07) is 10.9. The summed E-state index contributed by atoms with van der Waals surface area (Å²) in [6.07, 6.45) is 9.26. The second-order valence-corrected chi connectivity index (χ2v) is 8.41. The molecule has 0 spiro atoms. The lowest BCUT2D eigenvalue weighted by molar-refractivity contribution is -0.135. The second-order valence-electron chi connectivity index (χ2n) is 8.41. The highest BCUT2D eigenvalue weighted by Gasteiger charge is 2.55. The molecule has 3 saturated carbocycles. The SMILES string of the molecule is NCC1CCCC1NC(=O)C1(Cc2ccccc2)CC2CCC1C2. The van der Waals surface area contributed by atoms with E-state index in [1.54, 1.807) is 0 Å². The zero-order valence-corrected chi connectivity index (χ0v) is 14.5. The number of carbonyl (C=O) groups excluding carboxylic acids is 1. The Kier molecular flexibility index (Phi) is 4.38. The molecule has 1 aromatic carbocycles. The lowest BCUT2D eigenvalue weighted by Crippen LogP contribution is -2.51. The zero-order valence-electron chi connectivity index (χ0n) is 14.5. The Bertz CT molecular complexity index is 587. The van der Waals surface area contributed by atoms with E-state index in [0.29, 0.717) is 30.3 Å². The highest BCUT2D eigenvalue weighted by molar-refractivity contribution is 5.84.